The summed E-state index contributed by atoms with van der Waals surface area (Å²) in [7, 11) is 0. The highest BCUT2D eigenvalue weighted by Crippen LogP contribution is 2.21. The first kappa shape index (κ1) is 14.7. The van der Waals surface area contributed by atoms with E-state index in [-0.39, 0.29) is 17.8 Å². The third-order valence-corrected chi connectivity index (χ3v) is 2.67. The van der Waals surface area contributed by atoms with Gasteiger partial charge in [0.15, 0.2) is 0 Å². The summed E-state index contributed by atoms with van der Waals surface area (Å²) in [4.78, 5) is 22.5. The fraction of sp³-hybridized carbons (Fsp3) is 0.0909. The number of hydrogen-bond acceptors (Lipinski definition) is 2. The number of amides is 2. The monoisotopic (exact) mass is 376 g/mol. The highest BCUT2D eigenvalue weighted by atomic mass is 79.9. The molecule has 7 heteroatoms. The summed E-state index contributed by atoms with van der Waals surface area (Å²) in [6.07, 6.45) is 0. The average Bonchev–Trinajstić information content (AvgIpc) is 2.26. The van der Waals surface area contributed by atoms with Gasteiger partial charge in [0.1, 0.15) is 0 Å². The van der Waals surface area contributed by atoms with Crippen LogP contribution in [0.3, 0.4) is 0 Å². The van der Waals surface area contributed by atoms with Crippen molar-refractivity contribution in [3.63, 3.8) is 0 Å². The number of aromatic carboxylic acids is 1. The van der Waals surface area contributed by atoms with Crippen LogP contribution in [0.25, 0.3) is 0 Å². The van der Waals surface area contributed by atoms with Crippen molar-refractivity contribution in [2.75, 3.05) is 11.9 Å². The minimum Gasteiger partial charge on any atom is -0.478 e. The van der Waals surface area contributed by atoms with Crippen LogP contribution in [0.4, 0.5) is 10.5 Å². The maximum absolute atomic E-state index is 11.5. The zero-order valence-electron chi connectivity index (χ0n) is 9.17. The fourth-order valence-corrected chi connectivity index (χ4v) is 1.65. The van der Waals surface area contributed by atoms with E-state index in [9.17, 15) is 9.59 Å². The minimum atomic E-state index is -1.11. The molecular weight excluding hydrogens is 368 g/mol. The van der Waals surface area contributed by atoms with Crippen molar-refractivity contribution in [3.05, 3.63) is 39.3 Å². The molecular formula is C11H10Br2N2O3. The summed E-state index contributed by atoms with van der Waals surface area (Å²) in [5, 5.41) is 14.0. The van der Waals surface area contributed by atoms with Crippen molar-refractivity contribution in [3.8, 4) is 0 Å². The lowest BCUT2D eigenvalue weighted by atomic mass is 10.2. The third kappa shape index (κ3) is 4.50. The molecule has 0 saturated carbocycles. The zero-order chi connectivity index (χ0) is 13.7. The lowest BCUT2D eigenvalue weighted by molar-refractivity contribution is 0.0698. The van der Waals surface area contributed by atoms with E-state index in [1.54, 1.807) is 6.07 Å². The topological polar surface area (TPSA) is 78.4 Å². The molecule has 0 unspecified atom stereocenters. The van der Waals surface area contributed by atoms with E-state index >= 15 is 0 Å². The van der Waals surface area contributed by atoms with Gasteiger partial charge in [-0.25, -0.2) is 9.59 Å². The van der Waals surface area contributed by atoms with Gasteiger partial charge in [-0.2, -0.15) is 0 Å². The van der Waals surface area contributed by atoms with Crippen molar-refractivity contribution >= 4 is 49.5 Å². The number of carboxylic acids is 1. The Hall–Kier alpha value is -1.34. The Labute approximate surface area is 121 Å². The van der Waals surface area contributed by atoms with Crippen molar-refractivity contribution in [2.24, 2.45) is 0 Å². The minimum absolute atomic E-state index is 0.0195. The van der Waals surface area contributed by atoms with Crippen LogP contribution < -0.4 is 10.6 Å². The van der Waals surface area contributed by atoms with E-state index in [2.05, 4.69) is 49.1 Å². The Morgan fingerprint density at radius 3 is 2.61 bits per heavy atom. The number of nitrogens with one attached hydrogen (secondary N) is 2. The molecule has 18 heavy (non-hydrogen) atoms. The van der Waals surface area contributed by atoms with Crippen LogP contribution in [0.15, 0.2) is 33.7 Å². The van der Waals surface area contributed by atoms with Crippen LogP contribution in [-0.2, 0) is 0 Å². The molecule has 0 atom stereocenters. The molecule has 1 rings (SSSR count). The SMILES string of the molecule is C=C(Br)CNC(=O)Nc1cc(Br)ccc1C(=O)O. The number of anilines is 1. The summed E-state index contributed by atoms with van der Waals surface area (Å²) in [6.45, 7) is 3.82. The van der Waals surface area contributed by atoms with E-state index in [0.29, 0.717) is 8.96 Å². The van der Waals surface area contributed by atoms with E-state index in [4.69, 9.17) is 5.11 Å². The molecule has 2 amide bonds. The zero-order valence-corrected chi connectivity index (χ0v) is 12.3. The smallest absolute Gasteiger partial charge is 0.337 e. The molecule has 0 aromatic heterocycles. The summed E-state index contributed by atoms with van der Waals surface area (Å²) >= 11 is 6.31. The first-order valence-electron chi connectivity index (χ1n) is 4.81. The van der Waals surface area contributed by atoms with Gasteiger partial charge in [0.25, 0.3) is 0 Å². The Kier molecular flexibility index (Phi) is 5.36. The van der Waals surface area contributed by atoms with E-state index in [0.717, 1.165) is 0 Å². The molecule has 0 radical (unpaired) electrons. The molecule has 1 aromatic rings. The molecule has 0 heterocycles. The van der Waals surface area contributed by atoms with E-state index in [1.807, 2.05) is 0 Å². The Morgan fingerprint density at radius 2 is 2.06 bits per heavy atom. The number of hydrogen-bond donors (Lipinski definition) is 3. The van der Waals surface area contributed by atoms with Crippen LogP contribution in [0.5, 0.6) is 0 Å². The third-order valence-electron chi connectivity index (χ3n) is 1.90. The lowest BCUT2D eigenvalue weighted by Gasteiger charge is -2.10. The number of halogens is 2. The van der Waals surface area contributed by atoms with E-state index < -0.39 is 12.0 Å². The van der Waals surface area contributed by atoms with Gasteiger partial charge in [0.05, 0.1) is 17.8 Å². The summed E-state index contributed by atoms with van der Waals surface area (Å²) in [5.74, 6) is -1.11. The molecule has 1 aromatic carbocycles. The fourth-order valence-electron chi connectivity index (χ4n) is 1.15. The predicted molar refractivity (Wildman–Crippen MR) is 76.2 cm³/mol. The predicted octanol–water partition coefficient (Wildman–Crippen LogP) is 3.18. The molecule has 0 aliphatic rings. The van der Waals surface area contributed by atoms with Gasteiger partial charge in [-0.1, -0.05) is 38.4 Å². The van der Waals surface area contributed by atoms with Gasteiger partial charge in [0, 0.05) is 8.96 Å². The van der Waals surface area contributed by atoms with Crippen molar-refractivity contribution in [1.82, 2.24) is 5.32 Å². The molecule has 0 aliphatic carbocycles. The summed E-state index contributed by atoms with van der Waals surface area (Å²) < 4.78 is 1.29. The molecule has 0 aliphatic heterocycles. The molecule has 0 saturated heterocycles. The second-order valence-corrected chi connectivity index (χ2v) is 5.36. The number of carboxylic acid groups (broad SMARTS) is 1. The van der Waals surface area contributed by atoms with Gasteiger partial charge in [-0.05, 0) is 18.2 Å². The largest absolute Gasteiger partial charge is 0.478 e. The number of carbonyl (C=O) groups excluding carboxylic acids is 1. The van der Waals surface area contributed by atoms with E-state index in [1.165, 1.54) is 12.1 Å². The van der Waals surface area contributed by atoms with Crippen LogP contribution in [-0.4, -0.2) is 23.7 Å². The Bertz CT molecular complexity index is 503. The van der Waals surface area contributed by atoms with Crippen molar-refractivity contribution in [2.45, 2.75) is 0 Å². The summed E-state index contributed by atoms with van der Waals surface area (Å²) in [6, 6.07) is 4.01. The average molecular weight is 378 g/mol. The second-order valence-electron chi connectivity index (χ2n) is 3.32. The van der Waals surface area contributed by atoms with Crippen molar-refractivity contribution in [1.29, 1.82) is 0 Å². The maximum atomic E-state index is 11.5. The molecule has 96 valence electrons. The molecule has 3 N–H and O–H groups in total. The first-order chi connectivity index (χ1) is 8.40. The van der Waals surface area contributed by atoms with Crippen molar-refractivity contribution < 1.29 is 14.7 Å². The first-order valence-corrected chi connectivity index (χ1v) is 6.39. The Morgan fingerprint density at radius 1 is 1.39 bits per heavy atom. The van der Waals surface area contributed by atoms with Gasteiger partial charge in [0.2, 0.25) is 0 Å². The number of benzene rings is 1. The molecule has 0 bridgehead atoms. The number of carbonyl (C=O) groups is 2. The van der Waals surface area contributed by atoms with Crippen LogP contribution in [0.2, 0.25) is 0 Å². The normalized spacial score (nSPS) is 9.67. The highest BCUT2D eigenvalue weighted by Gasteiger charge is 2.12. The lowest BCUT2D eigenvalue weighted by Crippen LogP contribution is -2.30. The second kappa shape index (κ2) is 6.55. The number of rotatable bonds is 4. The molecule has 0 fully saturated rings. The standard InChI is InChI=1S/C11H10Br2N2O3/c1-6(12)5-14-11(18)15-9-4-7(13)2-3-8(9)10(16)17/h2-4H,1,5H2,(H,16,17)(H2,14,15,18). The Balaban J connectivity index is 2.82. The summed E-state index contributed by atoms with van der Waals surface area (Å²) in [5.41, 5.74) is 0.237. The quantitative estimate of drug-likeness (QED) is 0.753. The van der Waals surface area contributed by atoms with Gasteiger partial charge in [-0.15, -0.1) is 0 Å². The van der Waals surface area contributed by atoms with Crippen LogP contribution in [0.1, 0.15) is 10.4 Å². The number of urea groups is 1. The van der Waals surface area contributed by atoms with Gasteiger partial charge < -0.3 is 15.7 Å². The maximum Gasteiger partial charge on any atom is 0.337 e. The van der Waals surface area contributed by atoms with Crippen LogP contribution >= 0.6 is 31.9 Å². The molecule has 5 nitrogen and oxygen atoms in total. The molecule has 0 spiro atoms. The van der Waals surface area contributed by atoms with Gasteiger partial charge in [-0.3, -0.25) is 0 Å². The van der Waals surface area contributed by atoms with Gasteiger partial charge >= 0.3 is 12.0 Å². The highest BCUT2D eigenvalue weighted by molar-refractivity contribution is 9.11. The van der Waals surface area contributed by atoms with Crippen LogP contribution in [0, 0.1) is 0 Å².